The first-order valence-electron chi connectivity index (χ1n) is 2.22. The van der Waals surface area contributed by atoms with E-state index < -0.39 is 0 Å². The maximum atomic E-state index is 6.00. The summed E-state index contributed by atoms with van der Waals surface area (Å²) in [6, 6.07) is 0. The molecule has 0 amide bonds. The highest BCUT2D eigenvalue weighted by Crippen LogP contribution is 2.03. The summed E-state index contributed by atoms with van der Waals surface area (Å²) in [5, 5.41) is 12.0. The fourth-order valence-corrected chi connectivity index (χ4v) is 0.527. The van der Waals surface area contributed by atoms with Crippen LogP contribution in [0.1, 0.15) is 0 Å². The Balaban J connectivity index is 0.000000371. The van der Waals surface area contributed by atoms with Crippen molar-refractivity contribution in [2.45, 2.75) is 0 Å². The second-order valence-corrected chi connectivity index (χ2v) is 2.18. The average molecular weight is 202 g/mol. The molecule has 10 heavy (non-hydrogen) atoms. The highest BCUT2D eigenvalue weighted by molar-refractivity contribution is 9.10. The SMILES string of the molecule is N#N.Nc1ncc(Br)cn1. The number of anilines is 1. The zero-order valence-corrected chi connectivity index (χ0v) is 6.48. The molecule has 0 aliphatic rings. The van der Waals surface area contributed by atoms with Gasteiger partial charge >= 0.3 is 0 Å². The zero-order chi connectivity index (χ0) is 7.98. The van der Waals surface area contributed by atoms with E-state index in [-0.39, 0.29) is 0 Å². The molecule has 0 aliphatic carbocycles. The molecule has 0 saturated heterocycles. The molecule has 1 heterocycles. The van der Waals surface area contributed by atoms with E-state index in [0.29, 0.717) is 5.95 Å². The number of hydrogen-bond acceptors (Lipinski definition) is 5. The lowest BCUT2D eigenvalue weighted by atomic mass is 10.7. The van der Waals surface area contributed by atoms with Gasteiger partial charge in [-0.1, -0.05) is 0 Å². The molecular formula is C4H4BrN5. The zero-order valence-electron chi connectivity index (χ0n) is 4.90. The van der Waals surface area contributed by atoms with E-state index >= 15 is 0 Å². The van der Waals surface area contributed by atoms with Gasteiger partial charge in [-0.15, -0.1) is 0 Å². The number of halogens is 1. The van der Waals surface area contributed by atoms with Gasteiger partial charge in [-0.2, -0.15) is 0 Å². The second-order valence-electron chi connectivity index (χ2n) is 1.26. The third kappa shape index (κ3) is 2.94. The molecule has 0 aliphatic heterocycles. The Labute approximate surface area is 65.8 Å². The first kappa shape index (κ1) is 8.78. The van der Waals surface area contributed by atoms with Crippen LogP contribution < -0.4 is 5.73 Å². The number of hydrogen-bond donors (Lipinski definition) is 1. The predicted molar refractivity (Wildman–Crippen MR) is 37.6 cm³/mol. The van der Waals surface area contributed by atoms with Gasteiger partial charge in [0.25, 0.3) is 0 Å². The van der Waals surface area contributed by atoms with E-state index in [4.69, 9.17) is 16.5 Å². The largest absolute Gasteiger partial charge is 0.368 e. The maximum absolute atomic E-state index is 6.00. The lowest BCUT2D eigenvalue weighted by molar-refractivity contribution is 1.15. The van der Waals surface area contributed by atoms with Gasteiger partial charge in [-0.3, -0.25) is 0 Å². The van der Waals surface area contributed by atoms with Gasteiger partial charge in [0, 0.05) is 23.2 Å². The van der Waals surface area contributed by atoms with Crippen molar-refractivity contribution in [3.63, 3.8) is 0 Å². The number of rotatable bonds is 0. The molecule has 6 heteroatoms. The fraction of sp³-hybridized carbons (Fsp3) is 0. The molecule has 2 N–H and O–H groups in total. The van der Waals surface area contributed by atoms with E-state index in [1.807, 2.05) is 0 Å². The van der Waals surface area contributed by atoms with E-state index in [2.05, 4.69) is 25.9 Å². The van der Waals surface area contributed by atoms with Gasteiger partial charge in [-0.05, 0) is 15.9 Å². The highest BCUT2D eigenvalue weighted by Gasteiger charge is 1.84. The summed E-state index contributed by atoms with van der Waals surface area (Å²) in [6.07, 6.45) is 3.20. The molecule has 1 aromatic heterocycles. The lowest BCUT2D eigenvalue weighted by Crippen LogP contribution is -1.91. The van der Waals surface area contributed by atoms with Gasteiger partial charge < -0.3 is 5.73 Å². The van der Waals surface area contributed by atoms with Gasteiger partial charge in [0.2, 0.25) is 5.95 Å². The summed E-state index contributed by atoms with van der Waals surface area (Å²) in [5.74, 6) is 0.299. The number of nitrogen functional groups attached to an aromatic ring is 1. The average Bonchev–Trinajstić information content (AvgIpc) is 2.00. The smallest absolute Gasteiger partial charge is 0.219 e. The first-order chi connectivity index (χ1) is 4.79. The third-order valence-electron chi connectivity index (χ3n) is 0.640. The minimum atomic E-state index is 0.299. The van der Waals surface area contributed by atoms with Crippen LogP contribution in [0.25, 0.3) is 0 Å². The quantitative estimate of drug-likeness (QED) is 0.628. The van der Waals surface area contributed by atoms with Crippen LogP contribution in [-0.2, 0) is 0 Å². The van der Waals surface area contributed by atoms with Crippen molar-refractivity contribution in [1.29, 1.82) is 10.8 Å². The van der Waals surface area contributed by atoms with Crippen LogP contribution in [0.15, 0.2) is 16.9 Å². The van der Waals surface area contributed by atoms with Crippen molar-refractivity contribution in [2.75, 3.05) is 5.73 Å². The van der Waals surface area contributed by atoms with Gasteiger partial charge in [0.05, 0.1) is 4.47 Å². The molecule has 0 spiro atoms. The summed E-state index contributed by atoms with van der Waals surface area (Å²) in [7, 11) is 0. The topological polar surface area (TPSA) is 99.4 Å². The van der Waals surface area contributed by atoms with Gasteiger partial charge in [0.1, 0.15) is 0 Å². The van der Waals surface area contributed by atoms with Crippen LogP contribution in [0.2, 0.25) is 0 Å². The standard InChI is InChI=1S/C4H4BrN3.N2/c5-3-1-7-4(6)8-2-3;1-2/h1-2H,(H2,6,7,8);. The van der Waals surface area contributed by atoms with Crippen molar-refractivity contribution in [3.05, 3.63) is 16.9 Å². The van der Waals surface area contributed by atoms with E-state index in [9.17, 15) is 0 Å². The van der Waals surface area contributed by atoms with Crippen molar-refractivity contribution in [3.8, 4) is 0 Å². The van der Waals surface area contributed by atoms with E-state index in [1.54, 1.807) is 12.4 Å². The Morgan fingerprint density at radius 3 is 2.00 bits per heavy atom. The molecule has 5 nitrogen and oxygen atoms in total. The van der Waals surface area contributed by atoms with Crippen molar-refractivity contribution < 1.29 is 0 Å². The van der Waals surface area contributed by atoms with Gasteiger partial charge in [-0.25, -0.2) is 9.97 Å². The van der Waals surface area contributed by atoms with Crippen LogP contribution in [0.5, 0.6) is 0 Å². The summed E-state index contributed by atoms with van der Waals surface area (Å²) in [6.45, 7) is 0. The highest BCUT2D eigenvalue weighted by atomic mass is 79.9. The molecule has 1 aromatic rings. The first-order valence-corrected chi connectivity index (χ1v) is 3.01. The third-order valence-corrected chi connectivity index (χ3v) is 1.05. The van der Waals surface area contributed by atoms with Crippen LogP contribution in [-0.4, -0.2) is 9.97 Å². The Morgan fingerprint density at radius 2 is 1.70 bits per heavy atom. The Kier molecular flexibility index (Phi) is 4.07. The van der Waals surface area contributed by atoms with Crippen LogP contribution in [0.3, 0.4) is 0 Å². The van der Waals surface area contributed by atoms with Crippen molar-refractivity contribution >= 4 is 21.9 Å². The Morgan fingerprint density at radius 1 is 1.30 bits per heavy atom. The summed E-state index contributed by atoms with van der Waals surface area (Å²) in [5.41, 5.74) is 5.18. The molecule has 0 radical (unpaired) electrons. The minimum absolute atomic E-state index is 0.299. The van der Waals surface area contributed by atoms with Crippen LogP contribution in [0.4, 0.5) is 5.95 Å². The maximum Gasteiger partial charge on any atom is 0.219 e. The van der Waals surface area contributed by atoms with Gasteiger partial charge in [0.15, 0.2) is 0 Å². The van der Waals surface area contributed by atoms with Crippen molar-refractivity contribution in [1.82, 2.24) is 9.97 Å². The second kappa shape index (κ2) is 4.64. The van der Waals surface area contributed by atoms with E-state index in [1.165, 1.54) is 0 Å². The molecule has 0 saturated carbocycles. The number of aromatic nitrogens is 2. The summed E-state index contributed by atoms with van der Waals surface area (Å²) >= 11 is 3.16. The van der Waals surface area contributed by atoms with E-state index in [0.717, 1.165) is 4.47 Å². The molecule has 52 valence electrons. The summed E-state index contributed by atoms with van der Waals surface area (Å²) < 4.78 is 0.840. The number of nitrogens with zero attached hydrogens (tertiary/aromatic N) is 4. The van der Waals surface area contributed by atoms with Crippen LogP contribution in [0, 0.1) is 10.8 Å². The fourth-order valence-electron chi connectivity index (χ4n) is 0.322. The minimum Gasteiger partial charge on any atom is -0.368 e. The molecule has 0 atom stereocenters. The summed E-state index contributed by atoms with van der Waals surface area (Å²) in [4.78, 5) is 7.40. The molecule has 0 bridgehead atoms. The predicted octanol–water partition coefficient (Wildman–Crippen LogP) is 0.851. The molecule has 0 aromatic carbocycles. The number of nitrogens with two attached hydrogens (primary N) is 1. The van der Waals surface area contributed by atoms with Crippen LogP contribution >= 0.6 is 15.9 Å². The molecule has 0 fully saturated rings. The monoisotopic (exact) mass is 201 g/mol. The Hall–Kier alpha value is -1.22. The van der Waals surface area contributed by atoms with Crippen molar-refractivity contribution in [2.24, 2.45) is 0 Å². The normalized spacial score (nSPS) is 7.50. The molecular weight excluding hydrogens is 198 g/mol. The Bertz CT molecular complexity index is 184. The lowest BCUT2D eigenvalue weighted by Gasteiger charge is -1.87. The molecule has 1 rings (SSSR count). The molecule has 0 unspecified atom stereocenters.